The summed E-state index contributed by atoms with van der Waals surface area (Å²) < 4.78 is 18.6. The maximum Gasteiger partial charge on any atom is 0.242 e. The number of likely N-dealkylation sites (N-methyl/N-ethyl adjacent to an activating group) is 1. The third kappa shape index (κ3) is 6.17. The van der Waals surface area contributed by atoms with Crippen molar-refractivity contribution in [2.24, 2.45) is 0 Å². The van der Waals surface area contributed by atoms with Crippen molar-refractivity contribution in [3.05, 3.63) is 101 Å². The number of carbonyl (C=O) groups excluding carboxylic acids is 2. The Kier molecular flexibility index (Phi) is 7.97. The standard InChI is InChI=1S/C26H27FN2O3/c1-28-26(31)24(16-19-6-4-3-5-7-19)29(18-21-8-12-22(27)13-9-21)25(30)17-20-10-14-23(32-2)15-11-20/h3-15,24H,16-18H2,1-2H3,(H,28,31)/t24-/m1/s1. The second kappa shape index (κ2) is 11.1. The van der Waals surface area contributed by atoms with Crippen molar-refractivity contribution in [3.8, 4) is 5.75 Å². The van der Waals surface area contributed by atoms with E-state index in [-0.39, 0.29) is 30.6 Å². The predicted molar refractivity (Wildman–Crippen MR) is 122 cm³/mol. The van der Waals surface area contributed by atoms with Gasteiger partial charge in [0.25, 0.3) is 0 Å². The third-order valence-electron chi connectivity index (χ3n) is 5.30. The maximum atomic E-state index is 13.4. The van der Waals surface area contributed by atoms with Crippen LogP contribution in [0.2, 0.25) is 0 Å². The van der Waals surface area contributed by atoms with E-state index in [2.05, 4.69) is 5.32 Å². The van der Waals surface area contributed by atoms with Crippen LogP contribution in [-0.2, 0) is 29.0 Å². The summed E-state index contributed by atoms with van der Waals surface area (Å²) in [5.74, 6) is -0.0863. The molecule has 0 saturated heterocycles. The Morgan fingerprint density at radius 2 is 1.53 bits per heavy atom. The first-order valence-corrected chi connectivity index (χ1v) is 10.4. The highest BCUT2D eigenvalue weighted by Gasteiger charge is 2.29. The fourth-order valence-corrected chi connectivity index (χ4v) is 3.53. The normalized spacial score (nSPS) is 11.5. The van der Waals surface area contributed by atoms with Crippen molar-refractivity contribution >= 4 is 11.8 Å². The van der Waals surface area contributed by atoms with Gasteiger partial charge in [0.15, 0.2) is 0 Å². The van der Waals surface area contributed by atoms with Gasteiger partial charge in [0.05, 0.1) is 13.5 Å². The first-order valence-electron chi connectivity index (χ1n) is 10.4. The molecule has 3 aromatic carbocycles. The summed E-state index contributed by atoms with van der Waals surface area (Å²) in [5, 5.41) is 2.69. The molecule has 0 aromatic heterocycles. The van der Waals surface area contributed by atoms with Crippen molar-refractivity contribution in [1.29, 1.82) is 0 Å². The Balaban J connectivity index is 1.91. The van der Waals surface area contributed by atoms with Crippen molar-refractivity contribution in [2.75, 3.05) is 14.2 Å². The molecule has 6 heteroatoms. The Morgan fingerprint density at radius 1 is 0.906 bits per heavy atom. The van der Waals surface area contributed by atoms with Crippen LogP contribution in [0.1, 0.15) is 16.7 Å². The number of rotatable bonds is 9. The molecule has 2 amide bonds. The molecule has 0 heterocycles. The number of nitrogens with one attached hydrogen (secondary N) is 1. The molecule has 0 bridgehead atoms. The fraction of sp³-hybridized carbons (Fsp3) is 0.231. The Hall–Kier alpha value is -3.67. The van der Waals surface area contributed by atoms with Crippen molar-refractivity contribution < 1.29 is 18.7 Å². The number of benzene rings is 3. The zero-order chi connectivity index (χ0) is 22.9. The topological polar surface area (TPSA) is 58.6 Å². The minimum Gasteiger partial charge on any atom is -0.497 e. The highest BCUT2D eigenvalue weighted by molar-refractivity contribution is 5.88. The summed E-state index contributed by atoms with van der Waals surface area (Å²) in [4.78, 5) is 27.9. The van der Waals surface area contributed by atoms with Gasteiger partial charge in [0, 0.05) is 20.0 Å². The lowest BCUT2D eigenvalue weighted by atomic mass is 10.0. The molecule has 3 aromatic rings. The Bertz CT molecular complexity index is 1020. The summed E-state index contributed by atoms with van der Waals surface area (Å²) in [6.45, 7) is 0.195. The van der Waals surface area contributed by atoms with Crippen LogP contribution >= 0.6 is 0 Å². The average Bonchev–Trinajstić information content (AvgIpc) is 2.83. The Morgan fingerprint density at radius 3 is 2.12 bits per heavy atom. The molecule has 0 unspecified atom stereocenters. The zero-order valence-electron chi connectivity index (χ0n) is 18.3. The van der Waals surface area contributed by atoms with Gasteiger partial charge >= 0.3 is 0 Å². The van der Waals surface area contributed by atoms with Crippen LogP contribution in [-0.4, -0.2) is 36.9 Å². The number of methoxy groups -OCH3 is 1. The van der Waals surface area contributed by atoms with E-state index in [1.165, 1.54) is 12.1 Å². The molecular formula is C26H27FN2O3. The molecule has 0 saturated carbocycles. The monoisotopic (exact) mass is 434 g/mol. The number of amides is 2. The second-order valence-electron chi connectivity index (χ2n) is 7.49. The van der Waals surface area contributed by atoms with E-state index in [1.807, 2.05) is 42.5 Å². The van der Waals surface area contributed by atoms with E-state index in [0.29, 0.717) is 12.2 Å². The van der Waals surface area contributed by atoms with Crippen LogP contribution in [0, 0.1) is 5.82 Å². The lowest BCUT2D eigenvalue weighted by molar-refractivity contribution is -0.140. The summed E-state index contributed by atoms with van der Waals surface area (Å²) in [7, 11) is 3.15. The van der Waals surface area contributed by atoms with E-state index >= 15 is 0 Å². The van der Waals surface area contributed by atoms with Crippen LogP contribution in [0.5, 0.6) is 5.75 Å². The van der Waals surface area contributed by atoms with Crippen molar-refractivity contribution in [2.45, 2.75) is 25.4 Å². The first-order chi connectivity index (χ1) is 15.5. The second-order valence-corrected chi connectivity index (χ2v) is 7.49. The lowest BCUT2D eigenvalue weighted by Crippen LogP contribution is -2.50. The number of hydrogen-bond donors (Lipinski definition) is 1. The van der Waals surface area contributed by atoms with Crippen LogP contribution in [0.15, 0.2) is 78.9 Å². The first kappa shape index (κ1) is 23.0. The maximum absolute atomic E-state index is 13.4. The zero-order valence-corrected chi connectivity index (χ0v) is 18.3. The summed E-state index contributed by atoms with van der Waals surface area (Å²) >= 11 is 0. The van der Waals surface area contributed by atoms with E-state index in [0.717, 1.165) is 16.7 Å². The van der Waals surface area contributed by atoms with Gasteiger partial charge in [0.2, 0.25) is 11.8 Å². The van der Waals surface area contributed by atoms with Crippen LogP contribution < -0.4 is 10.1 Å². The molecule has 0 fully saturated rings. The van der Waals surface area contributed by atoms with Gasteiger partial charge in [-0.25, -0.2) is 4.39 Å². The molecule has 5 nitrogen and oxygen atoms in total. The third-order valence-corrected chi connectivity index (χ3v) is 5.30. The van der Waals surface area contributed by atoms with Gasteiger partial charge in [0.1, 0.15) is 17.6 Å². The van der Waals surface area contributed by atoms with Gasteiger partial charge in [-0.3, -0.25) is 9.59 Å². The summed E-state index contributed by atoms with van der Waals surface area (Å²) in [6.07, 6.45) is 0.504. The largest absolute Gasteiger partial charge is 0.497 e. The van der Waals surface area contributed by atoms with Crippen LogP contribution in [0.25, 0.3) is 0 Å². The molecule has 0 aliphatic rings. The highest BCUT2D eigenvalue weighted by atomic mass is 19.1. The number of hydrogen-bond acceptors (Lipinski definition) is 3. The molecule has 1 atom stereocenters. The fourth-order valence-electron chi connectivity index (χ4n) is 3.53. The van der Waals surface area contributed by atoms with E-state index < -0.39 is 6.04 Å². The molecule has 32 heavy (non-hydrogen) atoms. The molecule has 0 aliphatic carbocycles. The molecule has 3 rings (SSSR count). The smallest absolute Gasteiger partial charge is 0.242 e. The number of nitrogens with zero attached hydrogens (tertiary/aromatic N) is 1. The van der Waals surface area contributed by atoms with Gasteiger partial charge in [-0.15, -0.1) is 0 Å². The number of halogens is 1. The lowest BCUT2D eigenvalue weighted by Gasteiger charge is -2.31. The van der Waals surface area contributed by atoms with Crippen molar-refractivity contribution in [3.63, 3.8) is 0 Å². The molecular weight excluding hydrogens is 407 g/mol. The average molecular weight is 435 g/mol. The highest BCUT2D eigenvalue weighted by Crippen LogP contribution is 2.18. The predicted octanol–water partition coefficient (Wildman–Crippen LogP) is 3.76. The van der Waals surface area contributed by atoms with Crippen molar-refractivity contribution in [1.82, 2.24) is 10.2 Å². The SMILES string of the molecule is CNC(=O)[C@@H](Cc1ccccc1)N(Cc1ccc(F)cc1)C(=O)Cc1ccc(OC)cc1. The van der Waals surface area contributed by atoms with Gasteiger partial charge in [-0.1, -0.05) is 54.6 Å². The molecule has 0 radical (unpaired) electrons. The van der Waals surface area contributed by atoms with Gasteiger partial charge in [-0.2, -0.15) is 0 Å². The minimum atomic E-state index is -0.710. The van der Waals surface area contributed by atoms with E-state index in [1.54, 1.807) is 43.3 Å². The Labute approximate surface area is 187 Å². The van der Waals surface area contributed by atoms with E-state index in [9.17, 15) is 14.0 Å². The number of carbonyl (C=O) groups is 2. The van der Waals surface area contributed by atoms with Gasteiger partial charge in [-0.05, 0) is 41.0 Å². The van der Waals surface area contributed by atoms with E-state index in [4.69, 9.17) is 4.74 Å². The van der Waals surface area contributed by atoms with Crippen LogP contribution in [0.4, 0.5) is 4.39 Å². The summed E-state index contributed by atoms with van der Waals surface area (Å²) in [6, 6.07) is 22.1. The number of ether oxygens (including phenoxy) is 1. The molecule has 166 valence electrons. The van der Waals surface area contributed by atoms with Gasteiger partial charge < -0.3 is 15.0 Å². The molecule has 0 spiro atoms. The summed E-state index contributed by atoms with van der Waals surface area (Å²) in [5.41, 5.74) is 2.51. The minimum absolute atomic E-state index is 0.132. The van der Waals surface area contributed by atoms with Crippen LogP contribution in [0.3, 0.4) is 0 Å². The quantitative estimate of drug-likeness (QED) is 0.558. The molecule has 1 N–H and O–H groups in total. The molecule has 0 aliphatic heterocycles.